The number of rotatable bonds is 3. The zero-order valence-corrected chi connectivity index (χ0v) is 11.4. The molecule has 0 aliphatic rings. The van der Waals surface area contributed by atoms with E-state index in [9.17, 15) is 4.79 Å². The van der Waals surface area contributed by atoms with E-state index in [4.69, 9.17) is 13.6 Å². The number of nitrogens with zero attached hydrogens (tertiary/aromatic N) is 1. The van der Waals surface area contributed by atoms with Gasteiger partial charge in [-0.25, -0.2) is 9.79 Å². The Bertz CT molecular complexity index is 792. The third-order valence-electron chi connectivity index (χ3n) is 3.27. The highest BCUT2D eigenvalue weighted by atomic mass is 16.5. The van der Waals surface area contributed by atoms with Crippen molar-refractivity contribution >= 4 is 28.0 Å². The minimum Gasteiger partial charge on any atom is -0.492 e. The fourth-order valence-corrected chi connectivity index (χ4v) is 2.53. The number of fused-ring (bicyclic) bond motifs is 2. The number of furan rings is 2. The number of isocyanates is 1. The van der Waals surface area contributed by atoms with Gasteiger partial charge in [0.1, 0.15) is 17.1 Å². The smallest absolute Gasteiger partial charge is 0.235 e. The molecule has 5 nitrogen and oxygen atoms in total. The van der Waals surface area contributed by atoms with E-state index in [1.54, 1.807) is 13.2 Å². The third-order valence-corrected chi connectivity index (χ3v) is 3.27. The molecule has 2 aromatic heterocycles. The van der Waals surface area contributed by atoms with E-state index in [1.807, 2.05) is 26.0 Å². The average molecular weight is 271 g/mol. The predicted molar refractivity (Wildman–Crippen MR) is 73.8 cm³/mol. The van der Waals surface area contributed by atoms with Crippen LogP contribution in [0, 0.1) is 13.8 Å². The molecule has 102 valence electrons. The second-order valence-electron chi connectivity index (χ2n) is 4.62. The van der Waals surface area contributed by atoms with Gasteiger partial charge in [0.05, 0.1) is 19.0 Å². The van der Waals surface area contributed by atoms with Gasteiger partial charge in [-0.1, -0.05) is 0 Å². The predicted octanol–water partition coefficient (Wildman–Crippen LogP) is 3.64. The van der Waals surface area contributed by atoms with Gasteiger partial charge in [-0.05, 0) is 26.0 Å². The van der Waals surface area contributed by atoms with E-state index in [0.717, 1.165) is 27.9 Å². The molecule has 3 rings (SSSR count). The van der Waals surface area contributed by atoms with E-state index >= 15 is 0 Å². The van der Waals surface area contributed by atoms with Crippen LogP contribution in [0.2, 0.25) is 0 Å². The van der Waals surface area contributed by atoms with Crippen LogP contribution in [-0.4, -0.2) is 13.2 Å². The zero-order valence-electron chi connectivity index (χ0n) is 11.4. The molecule has 0 atom stereocenters. The second kappa shape index (κ2) is 4.54. The van der Waals surface area contributed by atoms with Gasteiger partial charge in [-0.2, -0.15) is 0 Å². The Morgan fingerprint density at radius 3 is 2.45 bits per heavy atom. The van der Waals surface area contributed by atoms with Crippen LogP contribution in [0.3, 0.4) is 0 Å². The van der Waals surface area contributed by atoms with Crippen molar-refractivity contribution in [2.75, 3.05) is 7.11 Å². The minimum absolute atomic E-state index is 0.201. The Hall–Kier alpha value is -2.52. The third kappa shape index (κ3) is 1.72. The van der Waals surface area contributed by atoms with Crippen LogP contribution in [0.4, 0.5) is 0 Å². The van der Waals surface area contributed by atoms with Crippen LogP contribution in [0.25, 0.3) is 21.9 Å². The first-order chi connectivity index (χ1) is 9.65. The number of benzene rings is 1. The van der Waals surface area contributed by atoms with Gasteiger partial charge >= 0.3 is 0 Å². The van der Waals surface area contributed by atoms with E-state index in [2.05, 4.69) is 4.99 Å². The number of aryl methyl sites for hydroxylation is 2. The molecule has 5 heteroatoms. The molecule has 0 aliphatic heterocycles. The Labute approximate surface area is 114 Å². The molecule has 0 saturated carbocycles. The largest absolute Gasteiger partial charge is 0.492 e. The van der Waals surface area contributed by atoms with E-state index < -0.39 is 0 Å². The van der Waals surface area contributed by atoms with Crippen LogP contribution < -0.4 is 4.74 Å². The summed E-state index contributed by atoms with van der Waals surface area (Å²) in [5.74, 6) is 2.16. The zero-order chi connectivity index (χ0) is 14.3. The molecule has 0 spiro atoms. The Morgan fingerprint density at radius 1 is 1.15 bits per heavy atom. The first-order valence-electron chi connectivity index (χ1n) is 6.18. The number of carbonyl (C=O) groups excluding carboxylic acids is 1. The van der Waals surface area contributed by atoms with Crippen molar-refractivity contribution in [3.8, 4) is 5.75 Å². The summed E-state index contributed by atoms with van der Waals surface area (Å²) in [6, 6.07) is 3.78. The Balaban J connectivity index is 2.50. The summed E-state index contributed by atoms with van der Waals surface area (Å²) in [5, 5.41) is 1.67. The van der Waals surface area contributed by atoms with Gasteiger partial charge in [-0.15, -0.1) is 0 Å². The maximum Gasteiger partial charge on any atom is 0.235 e. The normalized spacial score (nSPS) is 10.9. The Kier molecular flexibility index (Phi) is 2.84. The number of methoxy groups -OCH3 is 1. The van der Waals surface area contributed by atoms with Crippen LogP contribution in [0.15, 0.2) is 26.0 Å². The molecule has 0 radical (unpaired) electrons. The number of aliphatic imine (C=N–C) groups is 1. The first kappa shape index (κ1) is 12.5. The van der Waals surface area contributed by atoms with Crippen molar-refractivity contribution in [3.63, 3.8) is 0 Å². The maximum atomic E-state index is 10.4. The van der Waals surface area contributed by atoms with E-state index in [-0.39, 0.29) is 6.54 Å². The van der Waals surface area contributed by atoms with Crippen molar-refractivity contribution in [1.29, 1.82) is 0 Å². The van der Waals surface area contributed by atoms with Crippen LogP contribution >= 0.6 is 0 Å². The monoisotopic (exact) mass is 271 g/mol. The highest BCUT2D eigenvalue weighted by Gasteiger charge is 2.21. The number of hydrogen-bond acceptors (Lipinski definition) is 5. The molecule has 3 aromatic rings. The highest BCUT2D eigenvalue weighted by Crippen LogP contribution is 2.41. The summed E-state index contributed by atoms with van der Waals surface area (Å²) in [6.07, 6.45) is 1.56. The fraction of sp³-hybridized carbons (Fsp3) is 0.267. The summed E-state index contributed by atoms with van der Waals surface area (Å²) in [6.45, 7) is 3.92. The molecule has 0 fully saturated rings. The van der Waals surface area contributed by atoms with Crippen molar-refractivity contribution in [1.82, 2.24) is 0 Å². The molecular formula is C15H13NO4. The number of hydrogen-bond donors (Lipinski definition) is 0. The topological polar surface area (TPSA) is 64.9 Å². The molecule has 20 heavy (non-hydrogen) atoms. The van der Waals surface area contributed by atoms with Gasteiger partial charge in [-0.3, -0.25) is 0 Å². The standard InChI is InChI=1S/C15H13NO4/c1-8-4-10-12(6-16-7-17)13-11(5-9(2)19-13)14(18-3)15(10)20-8/h4-5H,6H2,1-3H3. The highest BCUT2D eigenvalue weighted by molar-refractivity contribution is 6.04. The maximum absolute atomic E-state index is 10.4. The summed E-state index contributed by atoms with van der Waals surface area (Å²) in [4.78, 5) is 14.1. The number of ether oxygens (including phenoxy) is 1. The molecule has 0 unspecified atom stereocenters. The molecular weight excluding hydrogens is 258 g/mol. The SMILES string of the molecule is COc1c2cc(C)oc2c(CN=C=O)c2cc(C)oc12. The first-order valence-corrected chi connectivity index (χ1v) is 6.18. The average Bonchev–Trinajstić information content (AvgIpc) is 2.96. The lowest BCUT2D eigenvalue weighted by atomic mass is 10.1. The van der Waals surface area contributed by atoms with Gasteiger partial charge < -0.3 is 13.6 Å². The van der Waals surface area contributed by atoms with Crippen LogP contribution in [0.5, 0.6) is 5.75 Å². The van der Waals surface area contributed by atoms with Gasteiger partial charge in [0.2, 0.25) is 6.08 Å². The van der Waals surface area contributed by atoms with Gasteiger partial charge in [0, 0.05) is 10.9 Å². The molecule has 0 saturated heterocycles. The van der Waals surface area contributed by atoms with Crippen LogP contribution in [0.1, 0.15) is 17.1 Å². The van der Waals surface area contributed by atoms with E-state index in [1.165, 1.54) is 0 Å². The van der Waals surface area contributed by atoms with Crippen molar-refractivity contribution in [2.24, 2.45) is 4.99 Å². The minimum atomic E-state index is 0.201. The molecule has 0 bridgehead atoms. The second-order valence-corrected chi connectivity index (χ2v) is 4.62. The molecule has 1 aromatic carbocycles. The fourth-order valence-electron chi connectivity index (χ4n) is 2.53. The summed E-state index contributed by atoms with van der Waals surface area (Å²) < 4.78 is 16.9. The molecule has 0 N–H and O–H groups in total. The van der Waals surface area contributed by atoms with Gasteiger partial charge in [0.15, 0.2) is 11.3 Å². The summed E-state index contributed by atoms with van der Waals surface area (Å²) in [7, 11) is 1.59. The molecule has 0 amide bonds. The quantitative estimate of drug-likeness (QED) is 0.539. The van der Waals surface area contributed by atoms with Crippen molar-refractivity contribution in [3.05, 3.63) is 29.2 Å². The molecule has 2 heterocycles. The summed E-state index contributed by atoms with van der Waals surface area (Å²) >= 11 is 0. The van der Waals surface area contributed by atoms with Gasteiger partial charge in [0.25, 0.3) is 0 Å². The summed E-state index contributed by atoms with van der Waals surface area (Å²) in [5.41, 5.74) is 2.13. The lowest BCUT2D eigenvalue weighted by molar-refractivity contribution is 0.413. The Morgan fingerprint density at radius 2 is 1.80 bits per heavy atom. The van der Waals surface area contributed by atoms with Crippen LogP contribution in [-0.2, 0) is 11.3 Å². The van der Waals surface area contributed by atoms with Crippen molar-refractivity contribution < 1.29 is 18.4 Å². The molecule has 0 aliphatic carbocycles. The van der Waals surface area contributed by atoms with Crippen molar-refractivity contribution in [2.45, 2.75) is 20.4 Å². The lowest BCUT2D eigenvalue weighted by Crippen LogP contribution is -1.89. The van der Waals surface area contributed by atoms with E-state index in [0.29, 0.717) is 16.9 Å². The lowest BCUT2D eigenvalue weighted by Gasteiger charge is -2.06.